The zero-order valence-electron chi connectivity index (χ0n) is 11.1. The molecule has 3 rings (SSSR count). The molecular formula is C15H19N3O. The van der Waals surface area contributed by atoms with Crippen LogP contribution in [0.3, 0.4) is 0 Å². The van der Waals surface area contributed by atoms with Crippen LogP contribution in [-0.2, 0) is 0 Å². The van der Waals surface area contributed by atoms with Crippen molar-refractivity contribution in [3.63, 3.8) is 0 Å². The Hall–Kier alpha value is -1.60. The van der Waals surface area contributed by atoms with E-state index in [9.17, 15) is 0 Å². The average Bonchev–Trinajstić information content (AvgIpc) is 3.26. The van der Waals surface area contributed by atoms with Gasteiger partial charge in [0.15, 0.2) is 0 Å². The molecule has 100 valence electrons. The van der Waals surface area contributed by atoms with E-state index in [1.807, 2.05) is 12.1 Å². The van der Waals surface area contributed by atoms with Crippen LogP contribution < -0.4 is 4.74 Å². The number of hydrogen-bond donors (Lipinski definition) is 0. The van der Waals surface area contributed by atoms with E-state index in [1.54, 1.807) is 12.3 Å². The summed E-state index contributed by atoms with van der Waals surface area (Å²) < 4.78 is 5.93. The molecule has 4 nitrogen and oxygen atoms in total. The zero-order valence-corrected chi connectivity index (χ0v) is 11.1. The van der Waals surface area contributed by atoms with Crippen molar-refractivity contribution in [2.75, 3.05) is 19.6 Å². The maximum atomic E-state index is 8.70. The number of nitrogens with zero attached hydrogens (tertiary/aromatic N) is 3. The van der Waals surface area contributed by atoms with Crippen molar-refractivity contribution in [3.8, 4) is 11.8 Å². The first-order chi connectivity index (χ1) is 9.33. The van der Waals surface area contributed by atoms with Gasteiger partial charge in [-0.1, -0.05) is 0 Å². The highest BCUT2D eigenvalue weighted by Crippen LogP contribution is 2.30. The number of aromatic nitrogens is 1. The van der Waals surface area contributed by atoms with Gasteiger partial charge >= 0.3 is 0 Å². The van der Waals surface area contributed by atoms with Crippen LogP contribution in [0.4, 0.5) is 0 Å². The first-order valence-corrected chi connectivity index (χ1v) is 7.08. The highest BCUT2D eigenvalue weighted by molar-refractivity contribution is 5.26. The Morgan fingerprint density at radius 3 is 2.63 bits per heavy atom. The molecule has 2 fully saturated rings. The SMILES string of the molecule is N#Cc1ccc(OC2CCN(CC3CC3)CC2)cn1. The van der Waals surface area contributed by atoms with Gasteiger partial charge in [-0.2, -0.15) is 5.26 Å². The largest absolute Gasteiger partial charge is 0.489 e. The summed E-state index contributed by atoms with van der Waals surface area (Å²) >= 11 is 0. The molecule has 1 saturated heterocycles. The summed E-state index contributed by atoms with van der Waals surface area (Å²) in [5, 5.41) is 8.70. The van der Waals surface area contributed by atoms with E-state index in [1.165, 1.54) is 19.4 Å². The lowest BCUT2D eigenvalue weighted by Gasteiger charge is -2.32. The number of hydrogen-bond acceptors (Lipinski definition) is 4. The minimum atomic E-state index is 0.296. The predicted octanol–water partition coefficient (Wildman–Crippen LogP) is 2.21. The molecule has 1 aliphatic carbocycles. The average molecular weight is 257 g/mol. The third-order valence-corrected chi connectivity index (χ3v) is 3.90. The third kappa shape index (κ3) is 3.45. The van der Waals surface area contributed by atoms with E-state index in [-0.39, 0.29) is 0 Å². The third-order valence-electron chi connectivity index (χ3n) is 3.90. The second-order valence-corrected chi connectivity index (χ2v) is 5.55. The molecule has 1 aliphatic heterocycles. The van der Waals surface area contributed by atoms with Gasteiger partial charge in [0.25, 0.3) is 0 Å². The fourth-order valence-corrected chi connectivity index (χ4v) is 2.58. The minimum absolute atomic E-state index is 0.296. The summed E-state index contributed by atoms with van der Waals surface area (Å²) in [6.45, 7) is 3.57. The first kappa shape index (κ1) is 12.4. The van der Waals surface area contributed by atoms with E-state index < -0.39 is 0 Å². The van der Waals surface area contributed by atoms with Crippen LogP contribution in [-0.4, -0.2) is 35.6 Å². The molecular weight excluding hydrogens is 238 g/mol. The van der Waals surface area contributed by atoms with Crippen LogP contribution in [0, 0.1) is 17.2 Å². The van der Waals surface area contributed by atoms with Crippen LogP contribution in [0.15, 0.2) is 18.3 Å². The summed E-state index contributed by atoms with van der Waals surface area (Å²) in [4.78, 5) is 6.59. The van der Waals surface area contributed by atoms with Crippen molar-refractivity contribution in [2.24, 2.45) is 5.92 Å². The van der Waals surface area contributed by atoms with Gasteiger partial charge in [-0.15, -0.1) is 0 Å². The quantitative estimate of drug-likeness (QED) is 0.829. The van der Waals surface area contributed by atoms with Gasteiger partial charge in [-0.3, -0.25) is 0 Å². The molecule has 0 bridgehead atoms. The molecule has 0 aromatic carbocycles. The summed E-state index contributed by atoms with van der Waals surface area (Å²) in [5.41, 5.74) is 0.437. The number of nitriles is 1. The molecule has 0 atom stereocenters. The number of rotatable bonds is 4. The Balaban J connectivity index is 1.46. The van der Waals surface area contributed by atoms with E-state index in [4.69, 9.17) is 10.00 Å². The smallest absolute Gasteiger partial charge is 0.140 e. The topological polar surface area (TPSA) is 49.1 Å². The fourth-order valence-electron chi connectivity index (χ4n) is 2.58. The van der Waals surface area contributed by atoms with Crippen molar-refractivity contribution in [3.05, 3.63) is 24.0 Å². The Morgan fingerprint density at radius 1 is 1.26 bits per heavy atom. The van der Waals surface area contributed by atoms with Gasteiger partial charge in [-0.25, -0.2) is 4.98 Å². The number of pyridine rings is 1. The Bertz CT molecular complexity index is 453. The van der Waals surface area contributed by atoms with Gasteiger partial charge in [0.1, 0.15) is 23.6 Å². The highest BCUT2D eigenvalue weighted by Gasteiger charge is 2.27. The molecule has 0 amide bonds. The Morgan fingerprint density at radius 2 is 2.05 bits per heavy atom. The van der Waals surface area contributed by atoms with Gasteiger partial charge in [0.05, 0.1) is 6.20 Å². The normalized spacial score (nSPS) is 21.0. The van der Waals surface area contributed by atoms with Crippen molar-refractivity contribution < 1.29 is 4.74 Å². The number of likely N-dealkylation sites (tertiary alicyclic amines) is 1. The van der Waals surface area contributed by atoms with Gasteiger partial charge in [-0.05, 0) is 43.7 Å². The fraction of sp³-hybridized carbons (Fsp3) is 0.600. The molecule has 1 aromatic rings. The molecule has 19 heavy (non-hydrogen) atoms. The maximum absolute atomic E-state index is 8.70. The van der Waals surface area contributed by atoms with Crippen molar-refractivity contribution in [1.82, 2.24) is 9.88 Å². The van der Waals surface area contributed by atoms with Crippen LogP contribution in [0.25, 0.3) is 0 Å². The second-order valence-electron chi connectivity index (χ2n) is 5.55. The molecule has 0 radical (unpaired) electrons. The molecule has 0 unspecified atom stereocenters. The number of piperidine rings is 1. The predicted molar refractivity (Wildman–Crippen MR) is 71.8 cm³/mol. The van der Waals surface area contributed by atoms with Crippen LogP contribution in [0.1, 0.15) is 31.4 Å². The lowest BCUT2D eigenvalue weighted by Crippen LogP contribution is -2.39. The summed E-state index contributed by atoms with van der Waals surface area (Å²) in [5.74, 6) is 1.75. The van der Waals surface area contributed by atoms with E-state index in [0.29, 0.717) is 11.8 Å². The van der Waals surface area contributed by atoms with E-state index in [2.05, 4.69) is 9.88 Å². The first-order valence-electron chi connectivity index (χ1n) is 7.08. The van der Waals surface area contributed by atoms with Crippen LogP contribution >= 0.6 is 0 Å². The Kier molecular flexibility index (Phi) is 3.65. The lowest BCUT2D eigenvalue weighted by atomic mass is 10.1. The minimum Gasteiger partial charge on any atom is -0.489 e. The maximum Gasteiger partial charge on any atom is 0.140 e. The van der Waals surface area contributed by atoms with Gasteiger partial charge in [0, 0.05) is 19.6 Å². The molecule has 2 aliphatic rings. The van der Waals surface area contributed by atoms with Crippen molar-refractivity contribution in [2.45, 2.75) is 31.8 Å². The monoisotopic (exact) mass is 257 g/mol. The molecule has 1 saturated carbocycles. The van der Waals surface area contributed by atoms with Crippen molar-refractivity contribution >= 4 is 0 Å². The number of ether oxygens (including phenoxy) is 1. The standard InChI is InChI=1S/C15H19N3O/c16-9-13-3-4-15(10-17-13)19-14-5-7-18(8-6-14)11-12-1-2-12/h3-4,10,12,14H,1-2,5-8,11H2. The molecule has 2 heterocycles. The summed E-state index contributed by atoms with van der Waals surface area (Å²) in [6, 6.07) is 5.56. The zero-order chi connectivity index (χ0) is 13.1. The van der Waals surface area contributed by atoms with Gasteiger partial charge in [0.2, 0.25) is 0 Å². The lowest BCUT2D eigenvalue weighted by molar-refractivity contribution is 0.0977. The van der Waals surface area contributed by atoms with E-state index in [0.717, 1.165) is 37.6 Å². The molecule has 1 aromatic heterocycles. The van der Waals surface area contributed by atoms with Gasteiger partial charge < -0.3 is 9.64 Å². The van der Waals surface area contributed by atoms with E-state index >= 15 is 0 Å². The van der Waals surface area contributed by atoms with Crippen LogP contribution in [0.2, 0.25) is 0 Å². The highest BCUT2D eigenvalue weighted by atomic mass is 16.5. The summed E-state index contributed by atoms with van der Waals surface area (Å²) in [6.07, 6.45) is 6.97. The molecule has 0 N–H and O–H groups in total. The summed E-state index contributed by atoms with van der Waals surface area (Å²) in [7, 11) is 0. The van der Waals surface area contributed by atoms with Crippen molar-refractivity contribution in [1.29, 1.82) is 5.26 Å². The second kappa shape index (κ2) is 5.58. The Labute approximate surface area is 114 Å². The molecule has 4 heteroatoms. The van der Waals surface area contributed by atoms with Crippen LogP contribution in [0.5, 0.6) is 5.75 Å². The molecule has 0 spiro atoms.